The molecular formula is C14H32FeN2Si. The second kappa shape index (κ2) is 11.0. The first kappa shape index (κ1) is 20.5. The van der Waals surface area contributed by atoms with Gasteiger partial charge >= 0.3 is 0 Å². The Labute approximate surface area is 127 Å². The van der Waals surface area contributed by atoms with E-state index >= 15 is 0 Å². The average molecular weight is 313 g/mol. The summed E-state index contributed by atoms with van der Waals surface area (Å²) >= 11 is 0. The van der Waals surface area contributed by atoms with Crippen molar-refractivity contribution in [3.8, 4) is 0 Å². The van der Waals surface area contributed by atoms with Gasteiger partial charge in [0.05, 0.1) is 0 Å². The molecule has 2 aliphatic carbocycles. The van der Waals surface area contributed by atoms with Crippen LogP contribution >= 0.6 is 0 Å². The molecule has 0 amide bonds. The van der Waals surface area contributed by atoms with E-state index < -0.39 is 8.07 Å². The van der Waals surface area contributed by atoms with Crippen LogP contribution in [-0.2, 0) is 17.1 Å². The molecule has 0 bridgehead atoms. The largest absolute Gasteiger partial charge is 0.0693 e. The summed E-state index contributed by atoms with van der Waals surface area (Å²) in [5, 5.41) is 12.0. The Morgan fingerprint density at radius 3 is 1.33 bits per heavy atom. The van der Waals surface area contributed by atoms with Crippen LogP contribution in [0.3, 0.4) is 0 Å². The van der Waals surface area contributed by atoms with Gasteiger partial charge in [-0.15, -0.1) is 0 Å². The van der Waals surface area contributed by atoms with Gasteiger partial charge in [-0.25, -0.2) is 0 Å². The van der Waals surface area contributed by atoms with E-state index in [4.69, 9.17) is 10.8 Å². The van der Waals surface area contributed by atoms with Crippen LogP contribution in [0.15, 0.2) is 0 Å². The van der Waals surface area contributed by atoms with E-state index in [1.807, 2.05) is 0 Å². The molecule has 2 nitrogen and oxygen atoms in total. The Morgan fingerprint density at radius 2 is 1.17 bits per heavy atom. The Hall–Kier alpha value is 0.156. The third kappa shape index (κ3) is 9.14. The van der Waals surface area contributed by atoms with Crippen LogP contribution in [0.25, 0.3) is 0 Å². The fourth-order valence-corrected chi connectivity index (χ4v) is 5.06. The number of rotatable bonds is 1. The summed E-state index contributed by atoms with van der Waals surface area (Å²) in [6, 6.07) is 0. The molecule has 110 valence electrons. The molecular weight excluding hydrogens is 280 g/mol. The molecule has 0 saturated heterocycles. The van der Waals surface area contributed by atoms with E-state index in [0.717, 1.165) is 11.5 Å². The zero-order chi connectivity index (χ0) is 13.3. The Bertz CT molecular complexity index is 207. The molecule has 0 N–H and O–H groups in total. The second-order valence-corrected chi connectivity index (χ2v) is 12.3. The molecule has 0 aromatic heterocycles. The minimum atomic E-state index is -0.724. The fraction of sp³-hybridized carbons (Fsp3) is 1.00. The minimum absolute atomic E-state index is 0. The van der Waals surface area contributed by atoms with E-state index in [9.17, 15) is 0 Å². The maximum Gasteiger partial charge on any atom is 0.0473 e. The molecule has 2 rings (SSSR count). The average Bonchev–Trinajstić information content (AvgIpc) is 2.92. The van der Waals surface area contributed by atoms with Crippen LogP contribution in [0.2, 0.25) is 25.2 Å². The number of hydrogen-bond donors (Lipinski definition) is 0. The van der Waals surface area contributed by atoms with Crippen LogP contribution in [0.4, 0.5) is 0 Å². The van der Waals surface area contributed by atoms with Crippen molar-refractivity contribution >= 4 is 8.07 Å². The van der Waals surface area contributed by atoms with E-state index in [2.05, 4.69) is 26.6 Å². The molecule has 18 heavy (non-hydrogen) atoms. The van der Waals surface area contributed by atoms with Crippen molar-refractivity contribution in [1.29, 1.82) is 10.8 Å². The third-order valence-corrected chi connectivity index (χ3v) is 7.25. The maximum atomic E-state index is 6.00. The SMILES string of the molecule is CC1CCCC1.C[Si](C)(C)C1CCCC1.N#N.[2HH].[Fe]. The summed E-state index contributed by atoms with van der Waals surface area (Å²) in [6.07, 6.45) is 12.0. The van der Waals surface area contributed by atoms with Gasteiger partial charge < -0.3 is 0 Å². The van der Waals surface area contributed by atoms with Gasteiger partial charge in [-0.2, -0.15) is 0 Å². The molecule has 0 aromatic carbocycles. The van der Waals surface area contributed by atoms with E-state index in [1.54, 1.807) is 0 Å². The maximum absolute atomic E-state index is 6.00. The second-order valence-electron chi connectivity index (χ2n) is 6.74. The fourth-order valence-electron chi connectivity index (χ4n) is 2.92. The summed E-state index contributed by atoms with van der Waals surface area (Å²) in [4.78, 5) is 0. The van der Waals surface area contributed by atoms with Gasteiger partial charge in [0.1, 0.15) is 0 Å². The monoisotopic (exact) mass is 313 g/mol. The van der Waals surface area contributed by atoms with Crippen molar-refractivity contribution in [3.05, 3.63) is 0 Å². The molecule has 2 saturated carbocycles. The van der Waals surface area contributed by atoms with Crippen LogP contribution in [0, 0.1) is 16.7 Å². The molecule has 2 fully saturated rings. The first-order valence-electron chi connectivity index (χ1n) is 7.20. The zero-order valence-corrected chi connectivity index (χ0v) is 14.7. The molecule has 0 aromatic rings. The number of nitrogens with zero attached hydrogens (tertiary/aromatic N) is 2. The van der Waals surface area contributed by atoms with E-state index in [0.29, 0.717) is 0 Å². The van der Waals surface area contributed by atoms with Crippen molar-refractivity contribution in [3.63, 3.8) is 0 Å². The summed E-state index contributed by atoms with van der Waals surface area (Å²) in [7, 11) is -0.724. The zero-order valence-electron chi connectivity index (χ0n) is 12.6. The summed E-state index contributed by atoms with van der Waals surface area (Å²) in [5.41, 5.74) is 1.15. The van der Waals surface area contributed by atoms with Gasteiger partial charge in [0, 0.05) is 37.4 Å². The predicted molar refractivity (Wildman–Crippen MR) is 78.8 cm³/mol. The Balaban J connectivity index is -0.000000227. The van der Waals surface area contributed by atoms with Crippen molar-refractivity contribution in [2.24, 2.45) is 5.92 Å². The number of hydrogen-bond acceptors (Lipinski definition) is 2. The standard InChI is InChI=1S/C8H18Si.C6H12.Fe.N2.H2/c1-9(2,3)8-6-4-5-7-8;1-6-4-2-3-5-6;;1-2;/h8H,4-7H2,1-3H3;6H,2-5H2,1H3;;;1H/i;;;;1+1. The topological polar surface area (TPSA) is 47.6 Å². The Kier molecular flexibility index (Phi) is 12.5. The third-order valence-electron chi connectivity index (χ3n) is 4.22. The van der Waals surface area contributed by atoms with Gasteiger partial charge in [0.25, 0.3) is 0 Å². The van der Waals surface area contributed by atoms with Gasteiger partial charge in [-0.3, -0.25) is 0 Å². The van der Waals surface area contributed by atoms with Crippen molar-refractivity contribution in [2.45, 2.75) is 83.5 Å². The van der Waals surface area contributed by atoms with Crippen LogP contribution in [0.5, 0.6) is 0 Å². The minimum Gasteiger partial charge on any atom is -0.0693 e. The molecule has 4 heteroatoms. The molecule has 0 aliphatic heterocycles. The molecule has 0 atom stereocenters. The molecule has 0 unspecified atom stereocenters. The first-order chi connectivity index (χ1) is 8.00. The summed E-state index contributed by atoms with van der Waals surface area (Å²) < 4.78 is 0. The summed E-state index contributed by atoms with van der Waals surface area (Å²) in [6.45, 7) is 9.85. The van der Waals surface area contributed by atoms with Gasteiger partial charge in [0.15, 0.2) is 0 Å². The van der Waals surface area contributed by atoms with Gasteiger partial charge in [0.2, 0.25) is 0 Å². The molecule has 0 spiro atoms. The summed E-state index contributed by atoms with van der Waals surface area (Å²) in [5.74, 6) is 1.05. The van der Waals surface area contributed by atoms with Gasteiger partial charge in [-0.05, 0) is 11.5 Å². The molecule has 2 aliphatic rings. The van der Waals surface area contributed by atoms with E-state index in [-0.39, 0.29) is 18.5 Å². The van der Waals surface area contributed by atoms with Crippen LogP contribution < -0.4 is 0 Å². The van der Waals surface area contributed by atoms with Gasteiger partial charge in [-0.1, -0.05) is 77.9 Å². The van der Waals surface area contributed by atoms with Crippen LogP contribution in [-0.4, -0.2) is 8.07 Å². The normalized spacial score (nSPS) is 20.1. The Morgan fingerprint density at radius 1 is 0.833 bits per heavy atom. The van der Waals surface area contributed by atoms with E-state index in [1.165, 1.54) is 51.4 Å². The van der Waals surface area contributed by atoms with Crippen molar-refractivity contribution in [2.75, 3.05) is 0 Å². The first-order valence-corrected chi connectivity index (χ1v) is 10.8. The quantitative estimate of drug-likeness (QED) is 0.458. The molecule has 0 radical (unpaired) electrons. The smallest absolute Gasteiger partial charge is 0.0473 e. The van der Waals surface area contributed by atoms with Crippen molar-refractivity contribution < 1.29 is 18.5 Å². The predicted octanol–water partition coefficient (Wildman–Crippen LogP) is 5.74. The molecule has 0 heterocycles. The van der Waals surface area contributed by atoms with Crippen molar-refractivity contribution in [1.82, 2.24) is 0 Å². The van der Waals surface area contributed by atoms with Crippen LogP contribution in [0.1, 0.15) is 59.7 Å².